The number of nitrogens with zero attached hydrogens (tertiary/aromatic N) is 1. The van der Waals surface area contributed by atoms with Crippen LogP contribution in [0.2, 0.25) is 0 Å². The van der Waals surface area contributed by atoms with Crippen molar-refractivity contribution in [3.05, 3.63) is 52.0 Å². The standard InChI is InChI=1S/C14H18N2OS/c1-15-13(11-6-4-3-5-7-11)8-12-10-18-14(16-12)9-17-2/h3-7,10,13,15H,8-9H2,1-2H3. The Morgan fingerprint density at radius 2 is 2.11 bits per heavy atom. The lowest BCUT2D eigenvalue weighted by Gasteiger charge is -2.15. The van der Waals surface area contributed by atoms with Crippen molar-refractivity contribution in [2.24, 2.45) is 0 Å². The summed E-state index contributed by atoms with van der Waals surface area (Å²) in [5, 5.41) is 6.49. The van der Waals surface area contributed by atoms with E-state index >= 15 is 0 Å². The third kappa shape index (κ3) is 3.38. The van der Waals surface area contributed by atoms with E-state index in [-0.39, 0.29) is 0 Å². The SMILES string of the molecule is CNC(Cc1csc(COC)n1)c1ccccc1. The zero-order chi connectivity index (χ0) is 12.8. The first-order chi connectivity index (χ1) is 8.83. The molecule has 1 unspecified atom stereocenters. The largest absolute Gasteiger partial charge is 0.378 e. The summed E-state index contributed by atoms with van der Waals surface area (Å²) in [6.45, 7) is 0.597. The minimum atomic E-state index is 0.309. The van der Waals surface area contributed by atoms with Crippen LogP contribution in [-0.4, -0.2) is 19.1 Å². The molecule has 18 heavy (non-hydrogen) atoms. The Morgan fingerprint density at radius 1 is 1.33 bits per heavy atom. The lowest BCUT2D eigenvalue weighted by atomic mass is 10.0. The molecule has 0 saturated heterocycles. The van der Waals surface area contributed by atoms with Crippen molar-refractivity contribution in [1.82, 2.24) is 10.3 Å². The summed E-state index contributed by atoms with van der Waals surface area (Å²) in [6, 6.07) is 10.8. The molecule has 1 aromatic carbocycles. The number of ether oxygens (including phenoxy) is 1. The highest BCUT2D eigenvalue weighted by Crippen LogP contribution is 2.19. The second-order valence-corrected chi connectivity index (χ2v) is 5.06. The quantitative estimate of drug-likeness (QED) is 0.869. The molecular weight excluding hydrogens is 244 g/mol. The molecule has 1 heterocycles. The maximum atomic E-state index is 5.09. The number of methoxy groups -OCH3 is 1. The lowest BCUT2D eigenvalue weighted by molar-refractivity contribution is 0.184. The molecule has 0 bridgehead atoms. The van der Waals surface area contributed by atoms with Gasteiger partial charge in [0.15, 0.2) is 0 Å². The second kappa shape index (κ2) is 6.64. The first-order valence-electron chi connectivity index (χ1n) is 5.98. The third-order valence-corrected chi connectivity index (χ3v) is 3.70. The smallest absolute Gasteiger partial charge is 0.119 e. The summed E-state index contributed by atoms with van der Waals surface area (Å²) in [7, 11) is 3.68. The Hall–Kier alpha value is -1.23. The van der Waals surface area contributed by atoms with Gasteiger partial charge in [0, 0.05) is 25.0 Å². The van der Waals surface area contributed by atoms with Crippen molar-refractivity contribution in [3.63, 3.8) is 0 Å². The minimum absolute atomic E-state index is 0.309. The van der Waals surface area contributed by atoms with Crippen molar-refractivity contribution in [2.75, 3.05) is 14.2 Å². The van der Waals surface area contributed by atoms with Crippen LogP contribution in [0.25, 0.3) is 0 Å². The van der Waals surface area contributed by atoms with E-state index in [1.54, 1.807) is 18.4 Å². The van der Waals surface area contributed by atoms with Gasteiger partial charge in [-0.1, -0.05) is 30.3 Å². The van der Waals surface area contributed by atoms with Crippen LogP contribution >= 0.6 is 11.3 Å². The van der Waals surface area contributed by atoms with Crippen molar-refractivity contribution < 1.29 is 4.74 Å². The summed E-state index contributed by atoms with van der Waals surface area (Å²) in [4.78, 5) is 4.57. The Kier molecular flexibility index (Phi) is 4.87. The highest BCUT2D eigenvalue weighted by atomic mass is 32.1. The van der Waals surface area contributed by atoms with Crippen LogP contribution in [0.15, 0.2) is 35.7 Å². The molecule has 4 heteroatoms. The molecule has 2 rings (SSSR count). The maximum absolute atomic E-state index is 5.09. The van der Waals surface area contributed by atoms with E-state index < -0.39 is 0 Å². The molecule has 1 N–H and O–H groups in total. The topological polar surface area (TPSA) is 34.1 Å². The first kappa shape index (κ1) is 13.2. The van der Waals surface area contributed by atoms with Gasteiger partial charge >= 0.3 is 0 Å². The van der Waals surface area contributed by atoms with Gasteiger partial charge in [-0.15, -0.1) is 11.3 Å². The fourth-order valence-electron chi connectivity index (χ4n) is 1.91. The molecule has 2 aromatic rings. The van der Waals surface area contributed by atoms with Crippen molar-refractivity contribution in [3.8, 4) is 0 Å². The predicted molar refractivity (Wildman–Crippen MR) is 74.8 cm³/mol. The molecule has 0 aliphatic heterocycles. The summed E-state index contributed by atoms with van der Waals surface area (Å²) in [6.07, 6.45) is 0.903. The maximum Gasteiger partial charge on any atom is 0.119 e. The molecule has 0 aliphatic rings. The Balaban J connectivity index is 2.06. The van der Waals surface area contributed by atoms with Gasteiger partial charge in [0.1, 0.15) is 5.01 Å². The fraction of sp³-hybridized carbons (Fsp3) is 0.357. The van der Waals surface area contributed by atoms with E-state index in [0.717, 1.165) is 17.1 Å². The normalized spacial score (nSPS) is 12.6. The Bertz CT molecular complexity index is 470. The van der Waals surface area contributed by atoms with E-state index in [2.05, 4.69) is 39.9 Å². The van der Waals surface area contributed by atoms with Crippen LogP contribution < -0.4 is 5.32 Å². The highest BCUT2D eigenvalue weighted by molar-refractivity contribution is 7.09. The van der Waals surface area contributed by atoms with E-state index in [1.165, 1.54) is 5.56 Å². The zero-order valence-corrected chi connectivity index (χ0v) is 11.5. The third-order valence-electron chi connectivity index (χ3n) is 2.83. The molecule has 96 valence electrons. The van der Waals surface area contributed by atoms with Gasteiger partial charge in [-0.2, -0.15) is 0 Å². The molecule has 1 atom stereocenters. The number of likely N-dealkylation sites (N-methyl/N-ethyl adjacent to an activating group) is 1. The fourth-order valence-corrected chi connectivity index (χ4v) is 2.69. The molecule has 0 fully saturated rings. The molecule has 0 saturated carbocycles. The Labute approximate surface area is 112 Å². The van der Waals surface area contributed by atoms with E-state index in [9.17, 15) is 0 Å². The highest BCUT2D eigenvalue weighted by Gasteiger charge is 2.11. The summed E-state index contributed by atoms with van der Waals surface area (Å²) in [5.74, 6) is 0. The van der Waals surface area contributed by atoms with Crippen LogP contribution in [0.3, 0.4) is 0 Å². The zero-order valence-electron chi connectivity index (χ0n) is 10.7. The van der Waals surface area contributed by atoms with Gasteiger partial charge in [-0.25, -0.2) is 4.98 Å². The van der Waals surface area contributed by atoms with Gasteiger partial charge in [-0.05, 0) is 12.6 Å². The minimum Gasteiger partial charge on any atom is -0.378 e. The van der Waals surface area contributed by atoms with Crippen LogP contribution in [0.1, 0.15) is 22.3 Å². The van der Waals surface area contributed by atoms with Gasteiger partial charge in [0.2, 0.25) is 0 Å². The number of nitrogens with one attached hydrogen (secondary N) is 1. The molecule has 0 radical (unpaired) electrons. The van der Waals surface area contributed by atoms with Crippen LogP contribution in [-0.2, 0) is 17.8 Å². The van der Waals surface area contributed by atoms with Crippen LogP contribution in [0.4, 0.5) is 0 Å². The lowest BCUT2D eigenvalue weighted by Crippen LogP contribution is -2.18. The molecule has 0 spiro atoms. The van der Waals surface area contributed by atoms with E-state index in [1.807, 2.05) is 13.1 Å². The van der Waals surface area contributed by atoms with Gasteiger partial charge in [0.05, 0.1) is 12.3 Å². The molecule has 1 aromatic heterocycles. The van der Waals surface area contributed by atoms with Crippen LogP contribution in [0, 0.1) is 0 Å². The predicted octanol–water partition coefficient (Wildman–Crippen LogP) is 2.79. The van der Waals surface area contributed by atoms with Gasteiger partial charge < -0.3 is 10.1 Å². The van der Waals surface area contributed by atoms with Gasteiger partial charge in [-0.3, -0.25) is 0 Å². The molecule has 3 nitrogen and oxygen atoms in total. The average Bonchev–Trinajstić information content (AvgIpc) is 2.85. The van der Waals surface area contributed by atoms with Gasteiger partial charge in [0.25, 0.3) is 0 Å². The molecule has 0 amide bonds. The van der Waals surface area contributed by atoms with Crippen molar-refractivity contribution in [1.29, 1.82) is 0 Å². The Morgan fingerprint density at radius 3 is 2.78 bits per heavy atom. The number of hydrogen-bond donors (Lipinski definition) is 1. The summed E-state index contributed by atoms with van der Waals surface area (Å²) in [5.41, 5.74) is 2.41. The average molecular weight is 262 g/mol. The number of thiazole rings is 1. The van der Waals surface area contributed by atoms with E-state index in [4.69, 9.17) is 4.74 Å². The summed E-state index contributed by atoms with van der Waals surface area (Å²) >= 11 is 1.66. The summed E-state index contributed by atoms with van der Waals surface area (Å²) < 4.78 is 5.09. The number of rotatable bonds is 6. The van der Waals surface area contributed by atoms with Crippen molar-refractivity contribution >= 4 is 11.3 Å². The molecular formula is C14H18N2OS. The monoisotopic (exact) mass is 262 g/mol. The number of hydrogen-bond acceptors (Lipinski definition) is 4. The van der Waals surface area contributed by atoms with Crippen molar-refractivity contribution in [2.45, 2.75) is 19.1 Å². The van der Waals surface area contributed by atoms with Crippen LogP contribution in [0.5, 0.6) is 0 Å². The first-order valence-corrected chi connectivity index (χ1v) is 6.86. The number of aromatic nitrogens is 1. The van der Waals surface area contributed by atoms with E-state index in [0.29, 0.717) is 12.6 Å². The molecule has 0 aliphatic carbocycles. The second-order valence-electron chi connectivity index (χ2n) is 4.12. The number of benzene rings is 1.